The van der Waals surface area contributed by atoms with Crippen molar-refractivity contribution < 1.29 is 17.6 Å². The standard InChI is InChI=1S/C11H11FN4O3S/c1-16-10(4-5-14-16)11(17)15-9-6-7(20(13,18)19)2-3-8(9)12/h2-6H,1H3,(H,15,17)(H2,13,18,19). The maximum absolute atomic E-state index is 13.6. The van der Waals surface area contributed by atoms with E-state index in [0.717, 1.165) is 18.2 Å². The van der Waals surface area contributed by atoms with Gasteiger partial charge < -0.3 is 5.32 Å². The topological polar surface area (TPSA) is 107 Å². The number of carbonyl (C=O) groups excluding carboxylic acids is 1. The van der Waals surface area contributed by atoms with E-state index < -0.39 is 21.7 Å². The van der Waals surface area contributed by atoms with Gasteiger partial charge in [0.15, 0.2) is 0 Å². The van der Waals surface area contributed by atoms with E-state index in [9.17, 15) is 17.6 Å². The van der Waals surface area contributed by atoms with Crippen LogP contribution in [0.4, 0.5) is 10.1 Å². The Kier molecular flexibility index (Phi) is 3.55. The lowest BCUT2D eigenvalue weighted by Crippen LogP contribution is -2.18. The Hall–Kier alpha value is -2.26. The van der Waals surface area contributed by atoms with Gasteiger partial charge >= 0.3 is 0 Å². The smallest absolute Gasteiger partial charge is 0.273 e. The van der Waals surface area contributed by atoms with Gasteiger partial charge in [-0.1, -0.05) is 0 Å². The quantitative estimate of drug-likeness (QED) is 0.858. The predicted molar refractivity (Wildman–Crippen MR) is 68.9 cm³/mol. The molecule has 0 spiro atoms. The molecule has 1 aromatic heterocycles. The number of anilines is 1. The zero-order valence-electron chi connectivity index (χ0n) is 10.4. The Morgan fingerprint density at radius 2 is 2.10 bits per heavy atom. The molecule has 2 aromatic rings. The van der Waals surface area contributed by atoms with Crippen LogP contribution in [0.25, 0.3) is 0 Å². The summed E-state index contributed by atoms with van der Waals surface area (Å²) in [6.45, 7) is 0. The highest BCUT2D eigenvalue weighted by Crippen LogP contribution is 2.19. The number of sulfonamides is 1. The van der Waals surface area contributed by atoms with Crippen molar-refractivity contribution in [3.8, 4) is 0 Å². The summed E-state index contributed by atoms with van der Waals surface area (Å²) in [6, 6.07) is 4.33. The third kappa shape index (κ3) is 2.83. The number of aromatic nitrogens is 2. The average molecular weight is 298 g/mol. The highest BCUT2D eigenvalue weighted by molar-refractivity contribution is 7.89. The first-order chi connectivity index (χ1) is 9.29. The number of amides is 1. The third-order valence-corrected chi connectivity index (χ3v) is 3.48. The normalized spacial score (nSPS) is 11.3. The molecule has 1 heterocycles. The van der Waals surface area contributed by atoms with Crippen LogP contribution in [0, 0.1) is 5.82 Å². The molecule has 3 N–H and O–H groups in total. The Balaban J connectivity index is 2.34. The van der Waals surface area contributed by atoms with Gasteiger partial charge in [-0.15, -0.1) is 0 Å². The number of primary sulfonamides is 1. The van der Waals surface area contributed by atoms with E-state index in [1.165, 1.54) is 16.9 Å². The minimum atomic E-state index is -3.98. The minimum absolute atomic E-state index is 0.199. The molecule has 0 unspecified atom stereocenters. The van der Waals surface area contributed by atoms with Crippen molar-refractivity contribution in [1.29, 1.82) is 0 Å². The highest BCUT2D eigenvalue weighted by Gasteiger charge is 2.15. The second-order valence-electron chi connectivity index (χ2n) is 3.98. The number of halogens is 1. The first-order valence-electron chi connectivity index (χ1n) is 5.41. The molecule has 0 radical (unpaired) electrons. The van der Waals surface area contributed by atoms with Crippen LogP contribution in [0.3, 0.4) is 0 Å². The summed E-state index contributed by atoms with van der Waals surface area (Å²) in [5, 5.41) is 11.0. The minimum Gasteiger partial charge on any atom is -0.318 e. The lowest BCUT2D eigenvalue weighted by Gasteiger charge is -2.08. The Bertz CT molecular complexity index is 770. The third-order valence-electron chi connectivity index (χ3n) is 2.57. The lowest BCUT2D eigenvalue weighted by molar-refractivity contribution is 0.101. The number of hydrogen-bond donors (Lipinski definition) is 2. The van der Waals surface area contributed by atoms with Crippen LogP contribution in [-0.2, 0) is 17.1 Å². The molecule has 106 valence electrons. The van der Waals surface area contributed by atoms with Crippen molar-refractivity contribution in [2.75, 3.05) is 5.32 Å². The van der Waals surface area contributed by atoms with E-state index in [1.807, 2.05) is 0 Å². The Labute approximate surface area is 114 Å². The molecule has 1 aromatic carbocycles. The van der Waals surface area contributed by atoms with E-state index in [1.54, 1.807) is 7.05 Å². The van der Waals surface area contributed by atoms with Crippen LogP contribution in [0.2, 0.25) is 0 Å². The van der Waals surface area contributed by atoms with E-state index >= 15 is 0 Å². The highest BCUT2D eigenvalue weighted by atomic mass is 32.2. The molecule has 1 amide bonds. The molecule has 0 bridgehead atoms. The molecule has 0 atom stereocenters. The first kappa shape index (κ1) is 14.2. The Morgan fingerprint density at radius 3 is 2.65 bits per heavy atom. The van der Waals surface area contributed by atoms with Crippen LogP contribution in [-0.4, -0.2) is 24.1 Å². The zero-order chi connectivity index (χ0) is 14.9. The molecule has 20 heavy (non-hydrogen) atoms. The van der Waals surface area contributed by atoms with Gasteiger partial charge in [-0.3, -0.25) is 9.48 Å². The molecule has 0 aliphatic heterocycles. The van der Waals surface area contributed by atoms with Crippen molar-refractivity contribution >= 4 is 21.6 Å². The van der Waals surface area contributed by atoms with E-state index in [4.69, 9.17) is 5.14 Å². The zero-order valence-corrected chi connectivity index (χ0v) is 11.2. The van der Waals surface area contributed by atoms with Crippen LogP contribution in [0.1, 0.15) is 10.5 Å². The second-order valence-corrected chi connectivity index (χ2v) is 5.54. The summed E-state index contributed by atoms with van der Waals surface area (Å²) < 4.78 is 37.3. The van der Waals surface area contributed by atoms with Gasteiger partial charge in [-0.25, -0.2) is 17.9 Å². The molecule has 0 aliphatic rings. The van der Waals surface area contributed by atoms with Gasteiger partial charge in [0.2, 0.25) is 10.0 Å². The predicted octanol–water partition coefficient (Wildman–Crippen LogP) is 0.459. The molecule has 0 saturated carbocycles. The van der Waals surface area contributed by atoms with Gasteiger partial charge in [0.1, 0.15) is 11.5 Å². The van der Waals surface area contributed by atoms with E-state index in [0.29, 0.717) is 0 Å². The number of hydrogen-bond acceptors (Lipinski definition) is 4. The summed E-state index contributed by atoms with van der Waals surface area (Å²) >= 11 is 0. The number of nitrogens with two attached hydrogens (primary N) is 1. The Morgan fingerprint density at radius 1 is 1.40 bits per heavy atom. The summed E-state index contributed by atoms with van der Waals surface area (Å²) in [4.78, 5) is 11.6. The van der Waals surface area contributed by atoms with Crippen molar-refractivity contribution in [2.45, 2.75) is 4.90 Å². The van der Waals surface area contributed by atoms with Crippen LogP contribution in [0.5, 0.6) is 0 Å². The van der Waals surface area contributed by atoms with Crippen LogP contribution >= 0.6 is 0 Å². The fraction of sp³-hybridized carbons (Fsp3) is 0.0909. The van der Waals surface area contributed by atoms with Crippen molar-refractivity contribution in [3.05, 3.63) is 42.0 Å². The van der Waals surface area contributed by atoms with Gasteiger partial charge in [-0.2, -0.15) is 5.10 Å². The molecular weight excluding hydrogens is 287 g/mol. The maximum atomic E-state index is 13.6. The second kappa shape index (κ2) is 5.02. The van der Waals surface area contributed by atoms with Gasteiger partial charge in [0.25, 0.3) is 5.91 Å². The number of nitrogens with zero attached hydrogens (tertiary/aromatic N) is 2. The van der Waals surface area contributed by atoms with Crippen molar-refractivity contribution in [2.24, 2.45) is 12.2 Å². The van der Waals surface area contributed by atoms with Gasteiger partial charge in [0, 0.05) is 13.2 Å². The molecular formula is C11H11FN4O3S. The number of benzene rings is 1. The number of carbonyl (C=O) groups is 1. The SMILES string of the molecule is Cn1nccc1C(=O)Nc1cc(S(N)(=O)=O)ccc1F. The number of aryl methyl sites for hydroxylation is 1. The monoisotopic (exact) mass is 298 g/mol. The van der Waals surface area contributed by atoms with E-state index in [2.05, 4.69) is 10.4 Å². The molecule has 2 rings (SSSR count). The first-order valence-corrected chi connectivity index (χ1v) is 6.95. The average Bonchev–Trinajstić information content (AvgIpc) is 2.77. The number of rotatable bonds is 3. The van der Waals surface area contributed by atoms with Crippen molar-refractivity contribution in [1.82, 2.24) is 9.78 Å². The lowest BCUT2D eigenvalue weighted by atomic mass is 10.3. The van der Waals surface area contributed by atoms with Crippen LogP contribution < -0.4 is 10.5 Å². The molecule has 0 fully saturated rings. The molecule has 7 nitrogen and oxygen atoms in total. The molecule has 0 saturated heterocycles. The summed E-state index contributed by atoms with van der Waals surface area (Å²) in [7, 11) is -2.43. The molecule has 9 heteroatoms. The largest absolute Gasteiger partial charge is 0.318 e. The summed E-state index contributed by atoms with van der Waals surface area (Å²) in [5.41, 5.74) is -0.0758. The van der Waals surface area contributed by atoms with Gasteiger partial charge in [-0.05, 0) is 24.3 Å². The molecule has 0 aliphatic carbocycles. The van der Waals surface area contributed by atoms with Crippen LogP contribution in [0.15, 0.2) is 35.4 Å². The van der Waals surface area contributed by atoms with Gasteiger partial charge in [0.05, 0.1) is 10.6 Å². The summed E-state index contributed by atoms with van der Waals surface area (Å²) in [6.07, 6.45) is 1.41. The van der Waals surface area contributed by atoms with Crippen molar-refractivity contribution in [3.63, 3.8) is 0 Å². The maximum Gasteiger partial charge on any atom is 0.273 e. The van der Waals surface area contributed by atoms with E-state index in [-0.39, 0.29) is 16.3 Å². The number of nitrogens with one attached hydrogen (secondary N) is 1. The fourth-order valence-electron chi connectivity index (χ4n) is 1.56. The fourth-order valence-corrected chi connectivity index (χ4v) is 2.10. The summed E-state index contributed by atoms with van der Waals surface area (Å²) in [5.74, 6) is -1.39.